The monoisotopic (exact) mass is 598 g/mol. The fraction of sp³-hybridized carbons (Fsp3) is 0. The Morgan fingerprint density at radius 2 is 0.385 bits per heavy atom. The number of hydrogen-bond acceptors (Lipinski definition) is 0. The van der Waals surface area contributed by atoms with Crippen molar-refractivity contribution >= 4 is 58.2 Å². The summed E-state index contributed by atoms with van der Waals surface area (Å²) >= 11 is 0.202. The van der Waals surface area contributed by atoms with Crippen LogP contribution >= 0.6 is 0 Å². The molecule has 0 N–H and O–H groups in total. The first-order chi connectivity index (χ1) is 19.3. The van der Waals surface area contributed by atoms with E-state index in [2.05, 4.69) is 182 Å². The molecule has 6 aromatic carbocycles. The molecule has 3 heteroatoms. The molecule has 188 valence electrons. The van der Waals surface area contributed by atoms with Gasteiger partial charge >= 0.3 is 240 Å². The van der Waals surface area contributed by atoms with Crippen LogP contribution in [-0.2, 0) is 0 Å². The summed E-state index contributed by atoms with van der Waals surface area (Å²) in [5.74, 6) is 0. The van der Waals surface area contributed by atoms with Crippen LogP contribution in [0.3, 0.4) is 0 Å². The van der Waals surface area contributed by atoms with Crippen LogP contribution in [0.1, 0.15) is 0 Å². The SMILES string of the molecule is c1ccc([Si]([Se][Si](c2ccccc2)(c2ccccc2)c2ccccc2)(c2ccccc2)c2ccccc2)cc1. The first-order valence-corrected chi connectivity index (χ1v) is 22.3. The zero-order valence-electron chi connectivity index (χ0n) is 21.7. The van der Waals surface area contributed by atoms with Crippen LogP contribution in [0.5, 0.6) is 0 Å². The first-order valence-electron chi connectivity index (χ1n) is 13.4. The van der Waals surface area contributed by atoms with E-state index in [1.807, 2.05) is 0 Å². The van der Waals surface area contributed by atoms with E-state index in [4.69, 9.17) is 0 Å². The molecule has 0 aliphatic rings. The van der Waals surface area contributed by atoms with Gasteiger partial charge in [-0.05, 0) is 0 Å². The van der Waals surface area contributed by atoms with Gasteiger partial charge < -0.3 is 0 Å². The summed E-state index contributed by atoms with van der Waals surface area (Å²) in [4.78, 5) is 0. The summed E-state index contributed by atoms with van der Waals surface area (Å²) in [5.41, 5.74) is 0. The van der Waals surface area contributed by atoms with Crippen molar-refractivity contribution in [1.82, 2.24) is 0 Å². The zero-order valence-corrected chi connectivity index (χ0v) is 25.4. The molecule has 0 atom stereocenters. The summed E-state index contributed by atoms with van der Waals surface area (Å²) in [6.07, 6.45) is 0. The van der Waals surface area contributed by atoms with Gasteiger partial charge in [-0.15, -0.1) is 0 Å². The first kappa shape index (κ1) is 25.5. The summed E-state index contributed by atoms with van der Waals surface area (Å²) in [6.45, 7) is -4.97. The quantitative estimate of drug-likeness (QED) is 0.184. The van der Waals surface area contributed by atoms with Gasteiger partial charge in [-0.25, -0.2) is 0 Å². The van der Waals surface area contributed by atoms with Gasteiger partial charge in [-0.3, -0.25) is 0 Å². The van der Waals surface area contributed by atoms with E-state index >= 15 is 0 Å². The zero-order chi connectivity index (χ0) is 26.4. The van der Waals surface area contributed by atoms with Crippen LogP contribution in [0.4, 0.5) is 0 Å². The summed E-state index contributed by atoms with van der Waals surface area (Å²) in [7, 11) is 0. The predicted octanol–water partition coefficient (Wildman–Crippen LogP) is 4.02. The van der Waals surface area contributed by atoms with Gasteiger partial charge in [0.15, 0.2) is 0 Å². The molecule has 0 aromatic heterocycles. The number of benzene rings is 6. The molecule has 6 rings (SSSR count). The van der Waals surface area contributed by atoms with Crippen LogP contribution in [0, 0.1) is 0 Å². The molecule has 6 aromatic rings. The van der Waals surface area contributed by atoms with Gasteiger partial charge in [0.05, 0.1) is 0 Å². The minimum absolute atomic E-state index is 0.202. The second-order valence-corrected chi connectivity index (χ2v) is 28.2. The Kier molecular flexibility index (Phi) is 7.58. The molecule has 0 aliphatic carbocycles. The fourth-order valence-corrected chi connectivity index (χ4v) is 43.4. The Morgan fingerprint density at radius 3 is 0.538 bits per heavy atom. The van der Waals surface area contributed by atoms with E-state index in [9.17, 15) is 0 Å². The van der Waals surface area contributed by atoms with Gasteiger partial charge in [-0.2, -0.15) is 0 Å². The van der Waals surface area contributed by atoms with E-state index in [0.717, 1.165) is 0 Å². The van der Waals surface area contributed by atoms with Crippen molar-refractivity contribution in [2.75, 3.05) is 0 Å². The summed E-state index contributed by atoms with van der Waals surface area (Å²) in [5, 5.41) is 8.93. The van der Waals surface area contributed by atoms with Crippen molar-refractivity contribution in [2.45, 2.75) is 0 Å². The van der Waals surface area contributed by atoms with Crippen LogP contribution in [0.25, 0.3) is 0 Å². The molecule has 0 nitrogen and oxygen atoms in total. The van der Waals surface area contributed by atoms with Crippen LogP contribution in [0.15, 0.2) is 182 Å². The van der Waals surface area contributed by atoms with E-state index in [-0.39, 0.29) is 13.7 Å². The van der Waals surface area contributed by atoms with E-state index in [0.29, 0.717) is 0 Å². The molecule has 0 radical (unpaired) electrons. The molecule has 0 fully saturated rings. The normalized spacial score (nSPS) is 11.7. The van der Waals surface area contributed by atoms with Crippen molar-refractivity contribution in [3.63, 3.8) is 0 Å². The van der Waals surface area contributed by atoms with E-state index < -0.39 is 13.4 Å². The molecular formula is C36H30SeSi2. The molecule has 0 amide bonds. The topological polar surface area (TPSA) is 0 Å². The maximum absolute atomic E-state index is 2.48. The standard InChI is InChI=1S/C36H30SeSi2/c1-7-19-31(20-8-1)38(32-21-9-2-10-22-32,33-23-11-3-12-24-33)37-39(34-25-13-4-14-26-34,35-27-15-5-16-28-35)36-29-17-6-18-30-36/h1-30H. The Labute approximate surface area is 239 Å². The molecule has 0 unspecified atom stereocenters. The van der Waals surface area contributed by atoms with E-state index in [1.54, 1.807) is 0 Å². The second kappa shape index (κ2) is 11.6. The van der Waals surface area contributed by atoms with Crippen LogP contribution < -0.4 is 31.1 Å². The third-order valence-electron chi connectivity index (χ3n) is 7.39. The molecular weight excluding hydrogens is 568 g/mol. The molecule has 0 bridgehead atoms. The average Bonchev–Trinajstić information content (AvgIpc) is 3.04. The van der Waals surface area contributed by atoms with Gasteiger partial charge in [-0.1, -0.05) is 0 Å². The van der Waals surface area contributed by atoms with Gasteiger partial charge in [0, 0.05) is 0 Å². The molecule has 0 spiro atoms. The molecule has 0 saturated heterocycles. The Bertz CT molecular complexity index is 1270. The molecule has 0 saturated carbocycles. The van der Waals surface area contributed by atoms with Crippen molar-refractivity contribution in [1.29, 1.82) is 0 Å². The Hall–Kier alpha value is -3.73. The Morgan fingerprint density at radius 1 is 0.231 bits per heavy atom. The fourth-order valence-electron chi connectivity index (χ4n) is 5.62. The van der Waals surface area contributed by atoms with Crippen LogP contribution in [-0.4, -0.2) is 27.0 Å². The van der Waals surface area contributed by atoms with Crippen molar-refractivity contribution < 1.29 is 0 Å². The van der Waals surface area contributed by atoms with Gasteiger partial charge in [0.25, 0.3) is 0 Å². The molecule has 39 heavy (non-hydrogen) atoms. The van der Waals surface area contributed by atoms with Crippen LogP contribution in [0.2, 0.25) is 0 Å². The minimum atomic E-state index is -2.48. The molecule has 0 aliphatic heterocycles. The molecule has 0 heterocycles. The maximum atomic E-state index is 2.40. The summed E-state index contributed by atoms with van der Waals surface area (Å²) in [6, 6.07) is 68.5. The van der Waals surface area contributed by atoms with E-state index in [1.165, 1.54) is 31.1 Å². The second-order valence-electron chi connectivity index (χ2n) is 9.66. The van der Waals surface area contributed by atoms with Crippen molar-refractivity contribution in [3.8, 4) is 0 Å². The Balaban J connectivity index is 1.76. The third kappa shape index (κ3) is 4.80. The van der Waals surface area contributed by atoms with Crippen molar-refractivity contribution in [2.24, 2.45) is 0 Å². The van der Waals surface area contributed by atoms with Gasteiger partial charge in [0.1, 0.15) is 0 Å². The number of rotatable bonds is 8. The average molecular weight is 598 g/mol. The van der Waals surface area contributed by atoms with Crippen molar-refractivity contribution in [3.05, 3.63) is 182 Å². The van der Waals surface area contributed by atoms with Gasteiger partial charge in [0.2, 0.25) is 0 Å². The number of hydrogen-bond donors (Lipinski definition) is 0. The summed E-state index contributed by atoms with van der Waals surface area (Å²) < 4.78 is 0. The predicted molar refractivity (Wildman–Crippen MR) is 174 cm³/mol. The third-order valence-corrected chi connectivity index (χ3v) is 37.2.